The first-order valence-electron chi connectivity index (χ1n) is 11.5. The number of carbonyl (C=O) groups excluding carboxylic acids is 1. The van der Waals surface area contributed by atoms with E-state index in [1.165, 1.54) is 4.88 Å². The maximum Gasteiger partial charge on any atom is 0.226 e. The molecule has 6 heterocycles. The fraction of sp³-hybridized carbons (Fsp3) is 0.154. The topological polar surface area (TPSA) is 125 Å². The van der Waals surface area contributed by atoms with Gasteiger partial charge in [-0.2, -0.15) is 5.10 Å². The molecule has 0 aliphatic rings. The second kappa shape index (κ2) is 8.65. The molecule has 10 heteroatoms. The molecular weight excluding hydrogens is 472 g/mol. The van der Waals surface area contributed by atoms with Crippen molar-refractivity contribution in [3.05, 3.63) is 60.0 Å². The number of nitrogens with one attached hydrogen (secondary N) is 3. The van der Waals surface area contributed by atoms with Crippen LogP contribution in [-0.2, 0) is 4.79 Å². The highest BCUT2D eigenvalue weighted by molar-refractivity contribution is 7.15. The molecule has 0 fully saturated rings. The molecule has 6 rings (SSSR count). The summed E-state index contributed by atoms with van der Waals surface area (Å²) in [7, 11) is 0. The number of aromatic nitrogens is 7. The van der Waals surface area contributed by atoms with Gasteiger partial charge in [-0.05, 0) is 37.3 Å². The number of aromatic amines is 2. The predicted molar refractivity (Wildman–Crippen MR) is 142 cm³/mol. The zero-order valence-electron chi connectivity index (χ0n) is 19.8. The largest absolute Gasteiger partial charge is 0.336 e. The van der Waals surface area contributed by atoms with E-state index in [2.05, 4.69) is 54.5 Å². The molecule has 178 valence electrons. The van der Waals surface area contributed by atoms with E-state index >= 15 is 0 Å². The molecule has 1 amide bonds. The third-order valence-corrected chi connectivity index (χ3v) is 6.89. The van der Waals surface area contributed by atoms with Crippen LogP contribution in [0, 0.1) is 12.8 Å². The molecule has 0 aliphatic carbocycles. The smallest absolute Gasteiger partial charge is 0.226 e. The van der Waals surface area contributed by atoms with Crippen LogP contribution in [0.4, 0.5) is 5.69 Å². The van der Waals surface area contributed by atoms with E-state index in [4.69, 9.17) is 4.98 Å². The molecule has 0 saturated carbocycles. The van der Waals surface area contributed by atoms with Crippen molar-refractivity contribution in [3.8, 4) is 33.2 Å². The van der Waals surface area contributed by atoms with Gasteiger partial charge in [0.1, 0.15) is 16.9 Å². The minimum Gasteiger partial charge on any atom is -0.336 e. The summed E-state index contributed by atoms with van der Waals surface area (Å²) in [4.78, 5) is 36.1. The fourth-order valence-corrected chi connectivity index (χ4v) is 4.85. The Kier molecular flexibility index (Phi) is 5.30. The van der Waals surface area contributed by atoms with E-state index in [0.717, 1.165) is 38.1 Å². The first-order chi connectivity index (χ1) is 17.5. The number of pyridine rings is 3. The van der Waals surface area contributed by atoms with Crippen molar-refractivity contribution in [3.63, 3.8) is 0 Å². The summed E-state index contributed by atoms with van der Waals surface area (Å²) >= 11 is 1.69. The number of carbonyl (C=O) groups is 1. The molecule has 0 unspecified atom stereocenters. The highest BCUT2D eigenvalue weighted by Crippen LogP contribution is 2.34. The number of imidazole rings is 1. The number of hydrogen-bond acceptors (Lipinski definition) is 7. The zero-order valence-corrected chi connectivity index (χ0v) is 20.6. The Morgan fingerprint density at radius 2 is 1.89 bits per heavy atom. The summed E-state index contributed by atoms with van der Waals surface area (Å²) in [6, 6.07) is 9.96. The number of anilines is 1. The van der Waals surface area contributed by atoms with Crippen molar-refractivity contribution in [1.82, 2.24) is 35.1 Å². The van der Waals surface area contributed by atoms with Crippen molar-refractivity contribution < 1.29 is 4.79 Å². The quantitative estimate of drug-likeness (QED) is 0.287. The third-order valence-electron chi connectivity index (χ3n) is 5.88. The molecule has 0 spiro atoms. The number of hydrogen-bond donors (Lipinski definition) is 3. The lowest BCUT2D eigenvalue weighted by atomic mass is 10.1. The molecule has 0 saturated heterocycles. The molecule has 6 aromatic heterocycles. The van der Waals surface area contributed by atoms with Crippen LogP contribution in [-0.4, -0.2) is 41.0 Å². The van der Waals surface area contributed by atoms with Gasteiger partial charge in [-0.15, -0.1) is 11.3 Å². The van der Waals surface area contributed by atoms with Crippen LogP contribution >= 0.6 is 11.3 Å². The molecular formula is C26H22N8OS. The van der Waals surface area contributed by atoms with Gasteiger partial charge >= 0.3 is 0 Å². The van der Waals surface area contributed by atoms with Crippen molar-refractivity contribution >= 4 is 45.0 Å². The molecule has 0 radical (unpaired) electrons. The average molecular weight is 495 g/mol. The maximum absolute atomic E-state index is 12.1. The third kappa shape index (κ3) is 3.91. The summed E-state index contributed by atoms with van der Waals surface area (Å²) in [5.41, 5.74) is 6.18. The van der Waals surface area contributed by atoms with Crippen LogP contribution in [0.15, 0.2) is 55.1 Å². The van der Waals surface area contributed by atoms with Gasteiger partial charge in [0.2, 0.25) is 5.91 Å². The molecule has 0 aliphatic heterocycles. The Balaban J connectivity index is 1.41. The van der Waals surface area contributed by atoms with E-state index in [0.29, 0.717) is 22.9 Å². The van der Waals surface area contributed by atoms with Gasteiger partial charge in [0.15, 0.2) is 11.5 Å². The summed E-state index contributed by atoms with van der Waals surface area (Å²) in [5, 5.41) is 11.2. The summed E-state index contributed by atoms with van der Waals surface area (Å²) in [5.74, 6) is 0.452. The Bertz CT molecular complexity index is 1750. The lowest BCUT2D eigenvalue weighted by molar-refractivity contribution is -0.118. The Morgan fingerprint density at radius 3 is 2.69 bits per heavy atom. The standard InChI is InChI=1S/C26H22N8OS/c1-13(2)26(35)30-17-8-15(10-27-12-17)16-9-18-21(33-34-24(18)29-11-16)25-31-19-6-7-28-23(22(19)32-25)20-5-4-14(3)36-20/h4-13H,1-3H3,(H,30,35)(H,31,32)(H,29,33,34). The second-order valence-electron chi connectivity index (χ2n) is 8.85. The van der Waals surface area contributed by atoms with E-state index in [1.54, 1.807) is 36.1 Å². The molecule has 0 aromatic carbocycles. The molecule has 0 bridgehead atoms. The number of aryl methyl sites for hydroxylation is 1. The minimum atomic E-state index is -0.122. The molecule has 3 N–H and O–H groups in total. The highest BCUT2D eigenvalue weighted by atomic mass is 32.1. The lowest BCUT2D eigenvalue weighted by Crippen LogP contribution is -2.17. The van der Waals surface area contributed by atoms with Gasteiger partial charge in [0.05, 0.1) is 27.7 Å². The zero-order chi connectivity index (χ0) is 24.8. The maximum atomic E-state index is 12.1. The second-order valence-corrected chi connectivity index (χ2v) is 10.1. The fourth-order valence-electron chi connectivity index (χ4n) is 3.98. The van der Waals surface area contributed by atoms with Crippen molar-refractivity contribution in [2.75, 3.05) is 5.32 Å². The first kappa shape index (κ1) is 22.1. The van der Waals surface area contributed by atoms with Crippen LogP contribution in [0.1, 0.15) is 18.7 Å². The van der Waals surface area contributed by atoms with Crippen molar-refractivity contribution in [2.24, 2.45) is 5.92 Å². The van der Waals surface area contributed by atoms with Crippen LogP contribution in [0.25, 0.3) is 55.3 Å². The minimum absolute atomic E-state index is 0.0592. The van der Waals surface area contributed by atoms with Gasteiger partial charge in [-0.3, -0.25) is 19.9 Å². The van der Waals surface area contributed by atoms with Gasteiger partial charge in [-0.1, -0.05) is 13.8 Å². The monoisotopic (exact) mass is 494 g/mol. The van der Waals surface area contributed by atoms with Gasteiger partial charge < -0.3 is 10.3 Å². The SMILES string of the molecule is Cc1ccc(-c2nccc3[nH]c(-c4n[nH]c5ncc(-c6cncc(NC(=O)C(C)C)c6)cc45)nc23)s1. The van der Waals surface area contributed by atoms with Crippen molar-refractivity contribution in [2.45, 2.75) is 20.8 Å². The van der Waals surface area contributed by atoms with E-state index in [-0.39, 0.29) is 11.8 Å². The Labute approximate surface area is 210 Å². The van der Waals surface area contributed by atoms with Crippen molar-refractivity contribution in [1.29, 1.82) is 0 Å². The Hall–Kier alpha value is -4.44. The number of fused-ring (bicyclic) bond motifs is 2. The summed E-state index contributed by atoms with van der Waals surface area (Å²) in [6.45, 7) is 5.78. The normalized spacial score (nSPS) is 11.6. The Morgan fingerprint density at radius 1 is 1.03 bits per heavy atom. The summed E-state index contributed by atoms with van der Waals surface area (Å²) < 4.78 is 0. The highest BCUT2D eigenvalue weighted by Gasteiger charge is 2.18. The number of rotatable bonds is 5. The number of nitrogens with zero attached hydrogens (tertiary/aromatic N) is 5. The van der Waals surface area contributed by atoms with Gasteiger partial charge in [0, 0.05) is 40.5 Å². The van der Waals surface area contributed by atoms with Crippen LogP contribution < -0.4 is 5.32 Å². The van der Waals surface area contributed by atoms with E-state index < -0.39 is 0 Å². The molecule has 36 heavy (non-hydrogen) atoms. The van der Waals surface area contributed by atoms with Gasteiger partial charge in [-0.25, -0.2) is 9.97 Å². The van der Waals surface area contributed by atoms with Gasteiger partial charge in [0.25, 0.3) is 0 Å². The van der Waals surface area contributed by atoms with Crippen LogP contribution in [0.2, 0.25) is 0 Å². The predicted octanol–water partition coefficient (Wildman–Crippen LogP) is 5.59. The van der Waals surface area contributed by atoms with Crippen LogP contribution in [0.5, 0.6) is 0 Å². The number of H-pyrrole nitrogens is 2. The average Bonchev–Trinajstić information content (AvgIpc) is 3.61. The molecule has 0 atom stereocenters. The molecule has 6 aromatic rings. The number of thiophene rings is 1. The van der Waals surface area contributed by atoms with E-state index in [9.17, 15) is 4.79 Å². The molecule has 9 nitrogen and oxygen atoms in total. The lowest BCUT2D eigenvalue weighted by Gasteiger charge is -2.09. The summed E-state index contributed by atoms with van der Waals surface area (Å²) in [6.07, 6.45) is 6.92. The van der Waals surface area contributed by atoms with E-state index in [1.807, 2.05) is 32.0 Å². The number of amides is 1. The van der Waals surface area contributed by atoms with Crippen LogP contribution in [0.3, 0.4) is 0 Å². The first-order valence-corrected chi connectivity index (χ1v) is 12.3.